The van der Waals surface area contributed by atoms with Crippen LogP contribution in [0.25, 0.3) is 21.3 Å². The Morgan fingerprint density at radius 1 is 1.20 bits per heavy atom. The molecule has 210 valence electrons. The fraction of sp³-hybridized carbons (Fsp3) is 0.346. The highest BCUT2D eigenvalue weighted by Crippen LogP contribution is 2.53. The second kappa shape index (κ2) is 9.90. The van der Waals surface area contributed by atoms with Crippen molar-refractivity contribution in [3.63, 3.8) is 0 Å². The molecule has 6 rings (SSSR count). The first-order valence-corrected chi connectivity index (χ1v) is 13.1. The van der Waals surface area contributed by atoms with Crippen molar-refractivity contribution in [1.82, 2.24) is 15.0 Å². The minimum atomic E-state index is -1.84. The molecule has 0 unspecified atom stereocenters. The van der Waals surface area contributed by atoms with E-state index in [1.165, 1.54) is 17.5 Å². The van der Waals surface area contributed by atoms with E-state index < -0.39 is 66.0 Å². The van der Waals surface area contributed by atoms with Gasteiger partial charge < -0.3 is 30.5 Å². The minimum Gasteiger partial charge on any atom is -0.394 e. The predicted molar refractivity (Wildman–Crippen MR) is 135 cm³/mol. The molecule has 10 nitrogen and oxygen atoms in total. The van der Waals surface area contributed by atoms with Crippen LogP contribution in [0.3, 0.4) is 0 Å². The quantitative estimate of drug-likeness (QED) is 0.264. The van der Waals surface area contributed by atoms with Gasteiger partial charge in [0, 0.05) is 16.2 Å². The van der Waals surface area contributed by atoms with Crippen molar-refractivity contribution >= 4 is 27.3 Å². The number of ether oxygens (including phenoxy) is 2. The van der Waals surface area contributed by atoms with Crippen molar-refractivity contribution in [2.45, 2.75) is 42.5 Å². The standard InChI is InChI=1S/C26H23F3N4O6S/c27-14-7-11(8-15(28)20(14)29)16-9-33(32-31-16)21-22(35)17(10-34)39-26(24(21)36)13(5-6-38-26)19-12-3-1-2-4-18(12)40-23(19)25(30)37/h1-4,7-9,13,17,21-22,24,34-36H,5-6,10H2,(H2,30,37)/t13-,17-,21+,22+,24-,26+/m1/s1. The molecule has 14 heteroatoms. The third-order valence-electron chi connectivity index (χ3n) is 7.50. The molecule has 0 aliphatic carbocycles. The second-order valence-corrected chi connectivity index (χ2v) is 10.8. The smallest absolute Gasteiger partial charge is 0.259 e. The first-order valence-electron chi connectivity index (χ1n) is 12.3. The van der Waals surface area contributed by atoms with Gasteiger partial charge in [0.15, 0.2) is 17.5 Å². The van der Waals surface area contributed by atoms with E-state index >= 15 is 0 Å². The van der Waals surface area contributed by atoms with E-state index in [1.807, 2.05) is 18.2 Å². The molecule has 2 fully saturated rings. The minimum absolute atomic E-state index is 0.0676. The summed E-state index contributed by atoms with van der Waals surface area (Å²) in [5, 5.41) is 41.5. The Kier molecular flexibility index (Phi) is 6.64. The van der Waals surface area contributed by atoms with Crippen molar-refractivity contribution in [3.8, 4) is 11.3 Å². The zero-order chi connectivity index (χ0) is 28.3. The van der Waals surface area contributed by atoms with Crippen LogP contribution in [0.4, 0.5) is 13.2 Å². The molecule has 2 aliphatic heterocycles. The highest BCUT2D eigenvalue weighted by Gasteiger charge is 2.62. The van der Waals surface area contributed by atoms with Gasteiger partial charge in [-0.3, -0.25) is 4.79 Å². The van der Waals surface area contributed by atoms with Crippen LogP contribution in [0.2, 0.25) is 0 Å². The van der Waals surface area contributed by atoms with Crippen LogP contribution in [0.15, 0.2) is 42.6 Å². The second-order valence-electron chi connectivity index (χ2n) is 9.72. The number of carbonyl (C=O) groups excluding carboxylic acids is 1. The molecule has 2 aromatic heterocycles. The van der Waals surface area contributed by atoms with Gasteiger partial charge in [0.05, 0.1) is 24.3 Å². The molecule has 1 spiro atoms. The topological polar surface area (TPSA) is 153 Å². The summed E-state index contributed by atoms with van der Waals surface area (Å²) in [6.07, 6.45) is -2.88. The predicted octanol–water partition coefficient (Wildman–Crippen LogP) is 2.23. The number of rotatable bonds is 5. The molecule has 0 radical (unpaired) electrons. The summed E-state index contributed by atoms with van der Waals surface area (Å²) < 4.78 is 55.2. The molecule has 4 aromatic rings. The van der Waals surface area contributed by atoms with Crippen LogP contribution in [0, 0.1) is 17.5 Å². The SMILES string of the molecule is NC(=O)c1sc2ccccc2c1[C@H]1CCO[C@]12O[C@H](CO)[C@H](O)[C@H](n1cc(-c3cc(F)c(F)c(F)c3)nn1)[C@H]2O. The summed E-state index contributed by atoms with van der Waals surface area (Å²) in [5.41, 5.74) is 6.06. The average molecular weight is 577 g/mol. The maximum Gasteiger partial charge on any atom is 0.259 e. The van der Waals surface area contributed by atoms with E-state index in [-0.39, 0.29) is 22.7 Å². The van der Waals surface area contributed by atoms with E-state index in [9.17, 15) is 33.3 Å². The average Bonchev–Trinajstić information content (AvgIpc) is 3.66. The van der Waals surface area contributed by atoms with Crippen LogP contribution in [-0.4, -0.2) is 73.5 Å². The van der Waals surface area contributed by atoms with E-state index in [0.717, 1.165) is 26.9 Å². The number of amides is 1. The molecule has 40 heavy (non-hydrogen) atoms. The van der Waals surface area contributed by atoms with Gasteiger partial charge in [-0.05, 0) is 35.6 Å². The fourth-order valence-electron chi connectivity index (χ4n) is 5.71. The number of thiophene rings is 1. The number of carbonyl (C=O) groups is 1. The lowest BCUT2D eigenvalue weighted by Crippen LogP contribution is -2.64. The van der Waals surface area contributed by atoms with Gasteiger partial charge in [-0.1, -0.05) is 23.4 Å². The normalized spacial score (nSPS) is 28.5. The van der Waals surface area contributed by atoms with Crippen molar-refractivity contribution in [1.29, 1.82) is 0 Å². The van der Waals surface area contributed by atoms with Crippen LogP contribution in [0.1, 0.15) is 33.6 Å². The summed E-state index contributed by atoms with van der Waals surface area (Å²) in [4.78, 5) is 12.7. The number of fused-ring (bicyclic) bond motifs is 1. The molecule has 2 aliphatic rings. The number of nitrogens with zero attached hydrogens (tertiary/aromatic N) is 3. The first-order chi connectivity index (χ1) is 19.2. The van der Waals surface area contributed by atoms with Gasteiger partial charge in [0.2, 0.25) is 5.79 Å². The zero-order valence-corrected chi connectivity index (χ0v) is 21.4. The number of aliphatic hydroxyl groups is 3. The zero-order valence-electron chi connectivity index (χ0n) is 20.6. The molecule has 6 atom stereocenters. The van der Waals surface area contributed by atoms with Crippen LogP contribution in [-0.2, 0) is 9.47 Å². The van der Waals surface area contributed by atoms with Gasteiger partial charge >= 0.3 is 0 Å². The summed E-state index contributed by atoms with van der Waals surface area (Å²) in [6.45, 7) is -0.549. The lowest BCUT2D eigenvalue weighted by Gasteiger charge is -2.49. The number of halogens is 3. The third kappa shape index (κ3) is 4.02. The molecule has 5 N–H and O–H groups in total. The molecular weight excluding hydrogens is 553 g/mol. The highest BCUT2D eigenvalue weighted by molar-refractivity contribution is 7.21. The fourth-order valence-corrected chi connectivity index (χ4v) is 6.83. The van der Waals surface area contributed by atoms with Crippen LogP contribution < -0.4 is 5.73 Å². The number of aliphatic hydroxyl groups excluding tert-OH is 3. The van der Waals surface area contributed by atoms with Gasteiger partial charge in [0.25, 0.3) is 5.91 Å². The monoisotopic (exact) mass is 576 g/mol. The Bertz CT molecular complexity index is 1590. The van der Waals surface area contributed by atoms with Gasteiger partial charge in [-0.25, -0.2) is 17.9 Å². The number of hydrogen-bond acceptors (Lipinski definition) is 9. The lowest BCUT2D eigenvalue weighted by atomic mass is 9.79. The Morgan fingerprint density at radius 3 is 2.62 bits per heavy atom. The van der Waals surface area contributed by atoms with Crippen LogP contribution in [0.5, 0.6) is 0 Å². The summed E-state index contributed by atoms with van der Waals surface area (Å²) >= 11 is 1.19. The number of primary amides is 1. The molecule has 0 bridgehead atoms. The Balaban J connectivity index is 1.45. The summed E-state index contributed by atoms with van der Waals surface area (Å²) in [5.74, 6) is -7.74. The number of aromatic nitrogens is 3. The van der Waals surface area contributed by atoms with Crippen molar-refractivity contribution in [3.05, 3.63) is 70.5 Å². The van der Waals surface area contributed by atoms with Gasteiger partial charge in [-0.15, -0.1) is 16.4 Å². The number of benzene rings is 2. The largest absolute Gasteiger partial charge is 0.394 e. The molecule has 4 heterocycles. The third-order valence-corrected chi connectivity index (χ3v) is 8.70. The molecule has 2 saturated heterocycles. The van der Waals surface area contributed by atoms with Crippen molar-refractivity contribution < 1.29 is 42.8 Å². The van der Waals surface area contributed by atoms with Crippen LogP contribution >= 0.6 is 11.3 Å². The Labute approximate surface area is 228 Å². The molecule has 1 amide bonds. The van der Waals surface area contributed by atoms with E-state index in [1.54, 1.807) is 6.07 Å². The van der Waals surface area contributed by atoms with Crippen molar-refractivity contribution in [2.24, 2.45) is 5.73 Å². The van der Waals surface area contributed by atoms with Gasteiger partial charge in [-0.2, -0.15) is 0 Å². The van der Waals surface area contributed by atoms with Crippen molar-refractivity contribution in [2.75, 3.05) is 13.2 Å². The maximum atomic E-state index is 13.8. The molecule has 0 saturated carbocycles. The molecular formula is C26H23F3N4O6S. The molecule has 2 aromatic carbocycles. The van der Waals surface area contributed by atoms with E-state index in [4.69, 9.17) is 15.2 Å². The maximum absolute atomic E-state index is 13.8. The Morgan fingerprint density at radius 2 is 1.93 bits per heavy atom. The Hall–Kier alpha value is -3.40. The lowest BCUT2D eigenvalue weighted by molar-refractivity contribution is -0.344. The summed E-state index contributed by atoms with van der Waals surface area (Å²) in [7, 11) is 0. The van der Waals surface area contributed by atoms with Gasteiger partial charge in [0.1, 0.15) is 30.0 Å². The van der Waals surface area contributed by atoms with E-state index in [0.29, 0.717) is 12.0 Å². The number of hydrogen-bond donors (Lipinski definition) is 4. The highest BCUT2D eigenvalue weighted by atomic mass is 32.1. The summed E-state index contributed by atoms with van der Waals surface area (Å²) in [6, 6.07) is 7.42. The number of nitrogens with two attached hydrogens (primary N) is 1. The van der Waals surface area contributed by atoms with E-state index in [2.05, 4.69) is 10.3 Å². The first kappa shape index (κ1) is 26.8.